The van der Waals surface area contributed by atoms with Crippen molar-refractivity contribution in [2.75, 3.05) is 19.6 Å². The molecule has 0 aliphatic carbocycles. The molecule has 1 aromatic carbocycles. The van der Waals surface area contributed by atoms with Crippen molar-refractivity contribution >= 4 is 11.8 Å². The molecule has 28 heavy (non-hydrogen) atoms. The summed E-state index contributed by atoms with van der Waals surface area (Å²) in [4.78, 5) is 36.5. The maximum Gasteiger partial charge on any atom is 0.222 e. The van der Waals surface area contributed by atoms with Gasteiger partial charge in [0.1, 0.15) is 0 Å². The third kappa shape index (κ3) is 4.26. The van der Waals surface area contributed by atoms with Crippen LogP contribution in [0.4, 0.5) is 0 Å². The van der Waals surface area contributed by atoms with Crippen LogP contribution >= 0.6 is 0 Å². The molecule has 6 nitrogen and oxygen atoms in total. The predicted octanol–water partition coefficient (Wildman–Crippen LogP) is 2.42. The van der Waals surface area contributed by atoms with E-state index in [2.05, 4.69) is 27.0 Å². The van der Waals surface area contributed by atoms with Gasteiger partial charge in [0.25, 0.3) is 0 Å². The molecule has 2 aliphatic rings. The van der Waals surface area contributed by atoms with Gasteiger partial charge in [0, 0.05) is 56.8 Å². The van der Waals surface area contributed by atoms with Crippen molar-refractivity contribution in [1.82, 2.24) is 19.8 Å². The Hall–Kier alpha value is -2.63. The minimum Gasteiger partial charge on any atom is -0.348 e. The highest BCUT2D eigenvalue weighted by Crippen LogP contribution is 2.31. The summed E-state index contributed by atoms with van der Waals surface area (Å²) in [7, 11) is 0. The number of aromatic amines is 1. The Morgan fingerprint density at radius 3 is 2.82 bits per heavy atom. The van der Waals surface area contributed by atoms with E-state index in [1.54, 1.807) is 6.33 Å². The molecule has 2 unspecified atom stereocenters. The lowest BCUT2D eigenvalue weighted by atomic mass is 9.83. The quantitative estimate of drug-likeness (QED) is 0.837. The number of aryl methyl sites for hydroxylation is 1. The van der Waals surface area contributed by atoms with Crippen LogP contribution in [0.2, 0.25) is 0 Å². The van der Waals surface area contributed by atoms with Gasteiger partial charge in [-0.05, 0) is 30.7 Å². The van der Waals surface area contributed by atoms with Gasteiger partial charge >= 0.3 is 0 Å². The van der Waals surface area contributed by atoms with Gasteiger partial charge in [-0.2, -0.15) is 0 Å². The van der Waals surface area contributed by atoms with Crippen molar-refractivity contribution in [3.63, 3.8) is 0 Å². The van der Waals surface area contributed by atoms with Crippen LogP contribution in [0, 0.1) is 5.92 Å². The molecule has 6 heteroatoms. The van der Waals surface area contributed by atoms with E-state index in [4.69, 9.17) is 0 Å². The first-order valence-corrected chi connectivity index (χ1v) is 10.3. The van der Waals surface area contributed by atoms with E-state index in [1.807, 2.05) is 29.3 Å². The molecule has 0 spiro atoms. The number of nitrogens with one attached hydrogen (secondary N) is 1. The minimum atomic E-state index is 0.239. The first kappa shape index (κ1) is 18.7. The zero-order valence-electron chi connectivity index (χ0n) is 16.2. The van der Waals surface area contributed by atoms with Gasteiger partial charge in [-0.25, -0.2) is 4.98 Å². The predicted molar refractivity (Wildman–Crippen MR) is 106 cm³/mol. The Labute approximate surface area is 165 Å². The van der Waals surface area contributed by atoms with Gasteiger partial charge in [-0.1, -0.05) is 30.3 Å². The normalized spacial score (nSPS) is 22.2. The Kier molecular flexibility index (Phi) is 5.74. The van der Waals surface area contributed by atoms with Crippen LogP contribution in [0.5, 0.6) is 0 Å². The largest absolute Gasteiger partial charge is 0.348 e. The molecular weight excluding hydrogens is 352 g/mol. The number of hydrogen-bond acceptors (Lipinski definition) is 3. The molecule has 2 fully saturated rings. The average molecular weight is 380 g/mol. The molecule has 0 bridgehead atoms. The maximum atomic E-state index is 12.7. The number of imidazole rings is 1. The molecule has 2 aromatic rings. The van der Waals surface area contributed by atoms with Crippen LogP contribution in [0.25, 0.3) is 0 Å². The fourth-order valence-corrected chi connectivity index (χ4v) is 4.58. The molecule has 1 aromatic heterocycles. The molecule has 0 saturated carbocycles. The number of amides is 2. The lowest BCUT2D eigenvalue weighted by molar-refractivity contribution is -0.144. The number of piperidine rings is 2. The van der Waals surface area contributed by atoms with Crippen molar-refractivity contribution in [3.05, 3.63) is 54.1 Å². The summed E-state index contributed by atoms with van der Waals surface area (Å²) in [5.41, 5.74) is 2.27. The lowest BCUT2D eigenvalue weighted by Gasteiger charge is -2.47. The summed E-state index contributed by atoms with van der Waals surface area (Å²) in [6.07, 6.45) is 8.02. The first-order chi connectivity index (χ1) is 13.7. The van der Waals surface area contributed by atoms with Gasteiger partial charge in [-0.15, -0.1) is 0 Å². The number of carbonyl (C=O) groups excluding carboxylic acids is 2. The number of carbonyl (C=O) groups is 2. The fourth-order valence-electron chi connectivity index (χ4n) is 4.58. The van der Waals surface area contributed by atoms with Crippen molar-refractivity contribution < 1.29 is 9.59 Å². The molecule has 2 atom stereocenters. The van der Waals surface area contributed by atoms with Crippen LogP contribution in [-0.4, -0.2) is 57.3 Å². The smallest absolute Gasteiger partial charge is 0.222 e. The first-order valence-electron chi connectivity index (χ1n) is 10.3. The number of nitrogens with zero attached hydrogens (tertiary/aromatic N) is 3. The standard InChI is InChI=1S/C22H28N4O2/c27-21(8-6-17-4-2-1-3-5-17)25-12-11-20-18(15-25)7-9-22(28)26(20)13-10-19-14-23-16-24-19/h1-5,14,16,18,20H,6-13,15H2,(H,23,24). The molecular formula is C22H28N4O2. The van der Waals surface area contributed by atoms with Gasteiger partial charge in [0.15, 0.2) is 0 Å². The summed E-state index contributed by atoms with van der Waals surface area (Å²) in [6.45, 7) is 2.26. The van der Waals surface area contributed by atoms with E-state index in [9.17, 15) is 9.59 Å². The number of H-pyrrole nitrogens is 1. The number of aromatic nitrogens is 2. The van der Waals surface area contributed by atoms with Crippen LogP contribution in [0.1, 0.15) is 36.9 Å². The molecule has 1 N–H and O–H groups in total. The number of benzene rings is 1. The van der Waals surface area contributed by atoms with E-state index in [-0.39, 0.29) is 17.9 Å². The third-order valence-corrected chi connectivity index (χ3v) is 6.14. The highest BCUT2D eigenvalue weighted by molar-refractivity contribution is 5.78. The number of rotatable bonds is 6. The van der Waals surface area contributed by atoms with Gasteiger partial charge in [0.2, 0.25) is 11.8 Å². The van der Waals surface area contributed by atoms with E-state index < -0.39 is 0 Å². The second-order valence-electron chi connectivity index (χ2n) is 7.89. The zero-order chi connectivity index (χ0) is 19.3. The Bertz CT molecular complexity index is 790. The summed E-state index contributed by atoms with van der Waals surface area (Å²) < 4.78 is 0. The van der Waals surface area contributed by atoms with E-state index in [0.29, 0.717) is 18.8 Å². The van der Waals surface area contributed by atoms with Crippen molar-refractivity contribution in [2.45, 2.75) is 44.6 Å². The summed E-state index contributed by atoms with van der Waals surface area (Å²) >= 11 is 0. The highest BCUT2D eigenvalue weighted by atomic mass is 16.2. The Morgan fingerprint density at radius 1 is 1.18 bits per heavy atom. The fraction of sp³-hybridized carbons (Fsp3) is 0.500. The Balaban J connectivity index is 1.32. The zero-order valence-corrected chi connectivity index (χ0v) is 16.2. The monoisotopic (exact) mass is 380 g/mol. The van der Waals surface area contributed by atoms with Crippen molar-refractivity contribution in [1.29, 1.82) is 0 Å². The maximum absolute atomic E-state index is 12.7. The topological polar surface area (TPSA) is 69.3 Å². The molecule has 3 heterocycles. The average Bonchev–Trinajstić information content (AvgIpc) is 3.25. The van der Waals surface area contributed by atoms with E-state index >= 15 is 0 Å². The van der Waals surface area contributed by atoms with Crippen molar-refractivity contribution in [2.24, 2.45) is 5.92 Å². The van der Waals surface area contributed by atoms with E-state index in [0.717, 1.165) is 51.0 Å². The van der Waals surface area contributed by atoms with Gasteiger partial charge < -0.3 is 14.8 Å². The summed E-state index contributed by atoms with van der Waals surface area (Å²) in [5, 5.41) is 0. The van der Waals surface area contributed by atoms with Crippen LogP contribution in [0.15, 0.2) is 42.9 Å². The molecule has 148 valence electrons. The van der Waals surface area contributed by atoms with Crippen LogP contribution < -0.4 is 0 Å². The molecule has 2 saturated heterocycles. The molecule has 0 radical (unpaired) electrons. The van der Waals surface area contributed by atoms with E-state index in [1.165, 1.54) is 5.56 Å². The minimum absolute atomic E-state index is 0.239. The number of hydrogen-bond donors (Lipinski definition) is 1. The van der Waals surface area contributed by atoms with Crippen LogP contribution in [-0.2, 0) is 22.4 Å². The summed E-state index contributed by atoms with van der Waals surface area (Å²) in [5.74, 6) is 0.890. The number of fused-ring (bicyclic) bond motifs is 1. The van der Waals surface area contributed by atoms with Gasteiger partial charge in [-0.3, -0.25) is 9.59 Å². The third-order valence-electron chi connectivity index (χ3n) is 6.14. The van der Waals surface area contributed by atoms with Gasteiger partial charge in [0.05, 0.1) is 6.33 Å². The highest BCUT2D eigenvalue weighted by Gasteiger charge is 2.39. The Morgan fingerprint density at radius 2 is 2.04 bits per heavy atom. The molecule has 2 aliphatic heterocycles. The second kappa shape index (κ2) is 8.59. The number of likely N-dealkylation sites (tertiary alicyclic amines) is 2. The SMILES string of the molecule is O=C(CCc1ccccc1)N1CCC2C(CCC(=O)N2CCc2cnc[nH]2)C1. The summed E-state index contributed by atoms with van der Waals surface area (Å²) in [6, 6.07) is 10.4. The lowest BCUT2D eigenvalue weighted by Crippen LogP contribution is -2.57. The molecule has 4 rings (SSSR count). The van der Waals surface area contributed by atoms with Crippen molar-refractivity contribution in [3.8, 4) is 0 Å². The molecule has 2 amide bonds. The van der Waals surface area contributed by atoms with Crippen LogP contribution in [0.3, 0.4) is 0 Å². The second-order valence-corrected chi connectivity index (χ2v) is 7.89.